The predicted octanol–water partition coefficient (Wildman–Crippen LogP) is 4.81. The smallest absolute Gasteiger partial charge is 0.188 e. The largest absolute Gasteiger partial charge is 0.504 e. The van der Waals surface area contributed by atoms with Gasteiger partial charge in [0.25, 0.3) is 0 Å². The summed E-state index contributed by atoms with van der Waals surface area (Å²) < 4.78 is 10.5. The lowest BCUT2D eigenvalue weighted by molar-refractivity contribution is 0.0946. The third-order valence-corrected chi connectivity index (χ3v) is 6.02. The zero-order chi connectivity index (χ0) is 21.8. The molecular formula is C22H23ClN2O4S. The van der Waals surface area contributed by atoms with Gasteiger partial charge in [0.05, 0.1) is 36.9 Å². The van der Waals surface area contributed by atoms with Crippen LogP contribution in [0.1, 0.15) is 20.9 Å². The topological polar surface area (TPSA) is 71.9 Å². The normalized spacial score (nSPS) is 11.0. The van der Waals surface area contributed by atoms with Crippen molar-refractivity contribution in [1.82, 2.24) is 9.88 Å². The molecule has 0 atom stereocenters. The number of aromatic nitrogens is 1. The van der Waals surface area contributed by atoms with E-state index < -0.39 is 0 Å². The Hall–Kier alpha value is -2.61. The fourth-order valence-electron chi connectivity index (χ4n) is 3.13. The maximum absolute atomic E-state index is 12.9. The molecule has 0 aliphatic heterocycles. The average Bonchev–Trinajstić information content (AvgIpc) is 3.09. The van der Waals surface area contributed by atoms with Gasteiger partial charge in [-0.2, -0.15) is 0 Å². The van der Waals surface area contributed by atoms with Gasteiger partial charge in [0.1, 0.15) is 10.8 Å². The lowest BCUT2D eigenvalue weighted by Crippen LogP contribution is -2.25. The molecule has 0 bridgehead atoms. The van der Waals surface area contributed by atoms with Crippen LogP contribution in [0.3, 0.4) is 0 Å². The van der Waals surface area contributed by atoms with E-state index in [2.05, 4.69) is 4.98 Å². The average molecular weight is 447 g/mol. The molecule has 0 spiro atoms. The third kappa shape index (κ3) is 4.92. The molecule has 2 aromatic carbocycles. The van der Waals surface area contributed by atoms with Gasteiger partial charge in [0.2, 0.25) is 0 Å². The number of ether oxygens (including phenoxy) is 2. The van der Waals surface area contributed by atoms with Gasteiger partial charge in [0, 0.05) is 11.6 Å². The fourth-order valence-corrected chi connectivity index (χ4v) is 4.32. The van der Waals surface area contributed by atoms with Gasteiger partial charge in [0.15, 0.2) is 17.3 Å². The zero-order valence-electron chi connectivity index (χ0n) is 17.2. The molecule has 0 saturated carbocycles. The first kappa shape index (κ1) is 22.1. The number of ketones is 1. The number of hydrogen-bond donors (Lipinski definition) is 1. The summed E-state index contributed by atoms with van der Waals surface area (Å²) in [4.78, 5) is 20.0. The van der Waals surface area contributed by atoms with Crippen LogP contribution in [0.15, 0.2) is 36.4 Å². The summed E-state index contributed by atoms with van der Waals surface area (Å²) in [5, 5.41) is 11.2. The summed E-state index contributed by atoms with van der Waals surface area (Å²) in [6, 6.07) is 10.6. The van der Waals surface area contributed by atoms with Gasteiger partial charge < -0.3 is 14.6 Å². The molecule has 0 aliphatic carbocycles. The van der Waals surface area contributed by atoms with Crippen molar-refractivity contribution in [3.05, 3.63) is 57.6 Å². The minimum absolute atomic E-state index is 0.00980. The molecule has 3 rings (SSSR count). The molecule has 158 valence electrons. The maximum atomic E-state index is 12.9. The van der Waals surface area contributed by atoms with E-state index in [-0.39, 0.29) is 18.1 Å². The van der Waals surface area contributed by atoms with Crippen molar-refractivity contribution in [2.75, 3.05) is 27.8 Å². The Morgan fingerprint density at radius 1 is 1.17 bits per heavy atom. The van der Waals surface area contributed by atoms with Crippen LogP contribution in [-0.2, 0) is 6.54 Å². The van der Waals surface area contributed by atoms with Crippen molar-refractivity contribution < 1.29 is 19.4 Å². The van der Waals surface area contributed by atoms with Crippen molar-refractivity contribution in [2.24, 2.45) is 0 Å². The number of halogens is 1. The standard InChI is InChI=1S/C22H23ClN2O4S/c1-13-21(30-22(24-13)16-7-6-15(23)10-20(16)29-4)18(27)12-25(2)11-14-5-8-19(28-3)17(26)9-14/h5-10,26H,11-12H2,1-4H3. The molecule has 1 N–H and O–H groups in total. The first-order chi connectivity index (χ1) is 14.3. The lowest BCUT2D eigenvalue weighted by Gasteiger charge is -2.16. The highest BCUT2D eigenvalue weighted by Gasteiger charge is 2.20. The highest BCUT2D eigenvalue weighted by Crippen LogP contribution is 2.36. The molecule has 1 aromatic heterocycles. The number of phenolic OH excluding ortho intramolecular Hbond substituents is 1. The number of aromatic hydroxyl groups is 1. The number of carbonyl (C=O) groups excluding carboxylic acids is 1. The highest BCUT2D eigenvalue weighted by atomic mass is 35.5. The number of rotatable bonds is 8. The van der Waals surface area contributed by atoms with Gasteiger partial charge >= 0.3 is 0 Å². The Kier molecular flexibility index (Phi) is 6.97. The van der Waals surface area contributed by atoms with Crippen LogP contribution < -0.4 is 9.47 Å². The van der Waals surface area contributed by atoms with E-state index in [9.17, 15) is 9.90 Å². The van der Waals surface area contributed by atoms with Gasteiger partial charge in [-0.1, -0.05) is 17.7 Å². The Balaban J connectivity index is 1.74. The SMILES string of the molecule is COc1ccc(CN(C)CC(=O)c2sc(-c3ccc(Cl)cc3OC)nc2C)cc1O. The molecule has 0 radical (unpaired) electrons. The highest BCUT2D eigenvalue weighted by molar-refractivity contribution is 7.17. The maximum Gasteiger partial charge on any atom is 0.188 e. The summed E-state index contributed by atoms with van der Waals surface area (Å²) in [6.45, 7) is 2.57. The molecule has 0 amide bonds. The van der Waals surface area contributed by atoms with Gasteiger partial charge in [-0.25, -0.2) is 4.98 Å². The lowest BCUT2D eigenvalue weighted by atomic mass is 10.2. The molecule has 6 nitrogen and oxygen atoms in total. The number of benzene rings is 2. The Labute approximate surface area is 184 Å². The second-order valence-electron chi connectivity index (χ2n) is 6.88. The number of phenols is 1. The molecule has 0 aliphatic rings. The Morgan fingerprint density at radius 3 is 2.57 bits per heavy atom. The molecule has 1 heterocycles. The van der Waals surface area contributed by atoms with Crippen molar-refractivity contribution in [2.45, 2.75) is 13.5 Å². The fraction of sp³-hybridized carbons (Fsp3) is 0.273. The van der Waals surface area contributed by atoms with E-state index in [4.69, 9.17) is 21.1 Å². The first-order valence-electron chi connectivity index (χ1n) is 9.21. The molecular weight excluding hydrogens is 424 g/mol. The second kappa shape index (κ2) is 9.47. The summed E-state index contributed by atoms with van der Waals surface area (Å²) >= 11 is 7.39. The van der Waals surface area contributed by atoms with E-state index in [1.807, 2.05) is 31.0 Å². The number of thiazole rings is 1. The van der Waals surface area contributed by atoms with E-state index in [1.54, 1.807) is 31.4 Å². The monoisotopic (exact) mass is 446 g/mol. The predicted molar refractivity (Wildman–Crippen MR) is 119 cm³/mol. The summed E-state index contributed by atoms with van der Waals surface area (Å²) in [7, 11) is 4.94. The van der Waals surface area contributed by atoms with Crippen LogP contribution in [0.2, 0.25) is 5.02 Å². The van der Waals surface area contributed by atoms with Crippen LogP contribution >= 0.6 is 22.9 Å². The molecule has 0 fully saturated rings. The number of hydrogen-bond acceptors (Lipinski definition) is 7. The second-order valence-corrected chi connectivity index (χ2v) is 8.32. The zero-order valence-corrected chi connectivity index (χ0v) is 18.8. The minimum Gasteiger partial charge on any atom is -0.504 e. The van der Waals surface area contributed by atoms with Crippen molar-refractivity contribution in [1.29, 1.82) is 0 Å². The van der Waals surface area contributed by atoms with Gasteiger partial charge in [-0.05, 0) is 49.9 Å². The first-order valence-corrected chi connectivity index (χ1v) is 10.4. The van der Waals surface area contributed by atoms with E-state index in [1.165, 1.54) is 18.4 Å². The van der Waals surface area contributed by atoms with Gasteiger partial charge in [-0.15, -0.1) is 11.3 Å². The van der Waals surface area contributed by atoms with Crippen molar-refractivity contribution in [3.63, 3.8) is 0 Å². The van der Waals surface area contributed by atoms with Crippen LogP contribution in [0.25, 0.3) is 10.6 Å². The van der Waals surface area contributed by atoms with Crippen molar-refractivity contribution in [3.8, 4) is 27.8 Å². The van der Waals surface area contributed by atoms with E-state index >= 15 is 0 Å². The van der Waals surface area contributed by atoms with E-state index in [0.29, 0.717) is 38.6 Å². The van der Waals surface area contributed by atoms with Crippen LogP contribution in [0.4, 0.5) is 0 Å². The molecule has 0 unspecified atom stereocenters. The molecule has 0 saturated heterocycles. The molecule has 8 heteroatoms. The number of aryl methyl sites for hydroxylation is 1. The van der Waals surface area contributed by atoms with Crippen LogP contribution in [-0.4, -0.2) is 48.6 Å². The third-order valence-electron chi connectivity index (χ3n) is 4.55. The molecule has 30 heavy (non-hydrogen) atoms. The number of Topliss-reactive ketones (excluding diaryl/α,β-unsaturated/α-hetero) is 1. The molecule has 3 aromatic rings. The van der Waals surface area contributed by atoms with Gasteiger partial charge in [-0.3, -0.25) is 9.69 Å². The van der Waals surface area contributed by atoms with Crippen LogP contribution in [0.5, 0.6) is 17.2 Å². The summed E-state index contributed by atoms with van der Waals surface area (Å²) in [5.74, 6) is 1.11. The van der Waals surface area contributed by atoms with E-state index in [0.717, 1.165) is 11.1 Å². The number of nitrogens with zero attached hydrogens (tertiary/aromatic N) is 2. The minimum atomic E-state index is -0.00980. The van der Waals surface area contributed by atoms with Crippen LogP contribution in [0, 0.1) is 6.92 Å². The number of carbonyl (C=O) groups is 1. The Bertz CT molecular complexity index is 1070. The number of likely N-dealkylation sites (N-methyl/N-ethyl adjacent to an activating group) is 1. The van der Waals surface area contributed by atoms with Crippen molar-refractivity contribution >= 4 is 28.7 Å². The quantitative estimate of drug-likeness (QED) is 0.500. The Morgan fingerprint density at radius 2 is 1.90 bits per heavy atom. The number of methoxy groups -OCH3 is 2. The summed E-state index contributed by atoms with van der Waals surface area (Å²) in [6.07, 6.45) is 0. The summed E-state index contributed by atoms with van der Waals surface area (Å²) in [5.41, 5.74) is 2.37.